The number of aliphatic hydroxyl groups is 1. The van der Waals surface area contributed by atoms with Gasteiger partial charge in [-0.2, -0.15) is 13.2 Å². The van der Waals surface area contributed by atoms with Gasteiger partial charge in [-0.15, -0.1) is 0 Å². The van der Waals surface area contributed by atoms with Gasteiger partial charge in [0.05, 0.1) is 11.5 Å². The summed E-state index contributed by atoms with van der Waals surface area (Å²) in [4.78, 5) is 12.6. The smallest absolute Gasteiger partial charge is 0.416 e. The SMILES string of the molecule is O=C(NC[C@H](O)COc1ccc(C(F)(F)F)cc1)[C@H](c1ccccc1)C1CC1. The number of nitrogens with one attached hydrogen (secondary N) is 1. The van der Waals surface area contributed by atoms with Crippen LogP contribution >= 0.6 is 0 Å². The molecule has 0 aliphatic heterocycles. The minimum Gasteiger partial charge on any atom is -0.491 e. The van der Waals surface area contributed by atoms with Crippen molar-refractivity contribution >= 4 is 5.91 Å². The van der Waals surface area contributed by atoms with E-state index in [9.17, 15) is 23.1 Å². The van der Waals surface area contributed by atoms with E-state index < -0.39 is 17.8 Å². The van der Waals surface area contributed by atoms with Crippen molar-refractivity contribution in [2.45, 2.75) is 31.0 Å². The number of halogens is 3. The molecule has 0 aromatic heterocycles. The molecule has 2 aromatic carbocycles. The van der Waals surface area contributed by atoms with Crippen LogP contribution in [0.2, 0.25) is 0 Å². The minimum atomic E-state index is -4.40. The molecule has 0 spiro atoms. The average molecular weight is 393 g/mol. The zero-order valence-electron chi connectivity index (χ0n) is 15.2. The first kappa shape index (κ1) is 20.2. The maximum atomic E-state index is 12.6. The number of ether oxygens (including phenoxy) is 1. The summed E-state index contributed by atoms with van der Waals surface area (Å²) in [6, 6.07) is 13.8. The predicted molar refractivity (Wildman–Crippen MR) is 97.9 cm³/mol. The highest BCUT2D eigenvalue weighted by Crippen LogP contribution is 2.42. The molecule has 0 radical (unpaired) electrons. The van der Waals surface area contributed by atoms with Crippen LogP contribution in [0, 0.1) is 5.92 Å². The lowest BCUT2D eigenvalue weighted by molar-refractivity contribution is -0.137. The molecule has 2 atom stereocenters. The number of carbonyl (C=O) groups is 1. The minimum absolute atomic E-state index is 0.00945. The summed E-state index contributed by atoms with van der Waals surface area (Å²) >= 11 is 0. The third-order valence-corrected chi connectivity index (χ3v) is 4.67. The van der Waals surface area contributed by atoms with E-state index in [-0.39, 0.29) is 30.7 Å². The Kier molecular flexibility index (Phi) is 6.24. The molecule has 0 saturated heterocycles. The Morgan fingerprint density at radius 1 is 1.11 bits per heavy atom. The highest BCUT2D eigenvalue weighted by atomic mass is 19.4. The predicted octanol–water partition coefficient (Wildman–Crippen LogP) is 3.76. The van der Waals surface area contributed by atoms with Gasteiger partial charge >= 0.3 is 6.18 Å². The van der Waals surface area contributed by atoms with Gasteiger partial charge in [0.1, 0.15) is 18.5 Å². The van der Waals surface area contributed by atoms with Crippen LogP contribution in [-0.2, 0) is 11.0 Å². The van der Waals surface area contributed by atoms with Gasteiger partial charge in [-0.3, -0.25) is 4.79 Å². The summed E-state index contributed by atoms with van der Waals surface area (Å²) in [7, 11) is 0. The summed E-state index contributed by atoms with van der Waals surface area (Å²) in [5, 5.41) is 12.8. The van der Waals surface area contributed by atoms with Gasteiger partial charge in [0.15, 0.2) is 0 Å². The number of amides is 1. The van der Waals surface area contributed by atoms with E-state index in [1.54, 1.807) is 0 Å². The number of hydrogen-bond acceptors (Lipinski definition) is 3. The number of benzene rings is 2. The van der Waals surface area contributed by atoms with Crippen LogP contribution in [0.15, 0.2) is 54.6 Å². The van der Waals surface area contributed by atoms with Gasteiger partial charge in [-0.25, -0.2) is 0 Å². The zero-order valence-corrected chi connectivity index (χ0v) is 15.2. The molecule has 2 N–H and O–H groups in total. The van der Waals surface area contributed by atoms with Crippen molar-refractivity contribution in [2.24, 2.45) is 5.92 Å². The van der Waals surface area contributed by atoms with Crippen molar-refractivity contribution in [3.05, 3.63) is 65.7 Å². The number of rotatable bonds is 8. The van der Waals surface area contributed by atoms with Crippen molar-refractivity contribution < 1.29 is 27.8 Å². The molecule has 1 aliphatic carbocycles. The number of alkyl halides is 3. The second-order valence-corrected chi connectivity index (χ2v) is 6.96. The summed E-state index contributed by atoms with van der Waals surface area (Å²) in [5.74, 6) is 0.174. The molecule has 7 heteroatoms. The Bertz CT molecular complexity index is 774. The van der Waals surface area contributed by atoms with Crippen LogP contribution < -0.4 is 10.1 Å². The van der Waals surface area contributed by atoms with Gasteiger partial charge < -0.3 is 15.2 Å². The van der Waals surface area contributed by atoms with Crippen molar-refractivity contribution in [3.8, 4) is 5.75 Å². The monoisotopic (exact) mass is 393 g/mol. The van der Waals surface area contributed by atoms with Crippen LogP contribution in [0.3, 0.4) is 0 Å². The number of aliphatic hydroxyl groups excluding tert-OH is 1. The van der Waals surface area contributed by atoms with E-state index in [1.165, 1.54) is 12.1 Å². The lowest BCUT2D eigenvalue weighted by Gasteiger charge is -2.19. The molecule has 1 saturated carbocycles. The summed E-state index contributed by atoms with van der Waals surface area (Å²) in [6.45, 7) is -0.124. The Hall–Kier alpha value is -2.54. The van der Waals surface area contributed by atoms with E-state index >= 15 is 0 Å². The van der Waals surface area contributed by atoms with Crippen molar-refractivity contribution in [3.63, 3.8) is 0 Å². The highest BCUT2D eigenvalue weighted by molar-refractivity contribution is 5.84. The molecule has 150 valence electrons. The van der Waals surface area contributed by atoms with Gasteiger partial charge in [0.25, 0.3) is 0 Å². The molecular formula is C21H22F3NO3. The molecule has 0 unspecified atom stereocenters. The third kappa shape index (κ3) is 5.48. The van der Waals surface area contributed by atoms with E-state index in [0.717, 1.165) is 30.5 Å². The highest BCUT2D eigenvalue weighted by Gasteiger charge is 2.37. The first-order valence-electron chi connectivity index (χ1n) is 9.15. The second-order valence-electron chi connectivity index (χ2n) is 6.96. The van der Waals surface area contributed by atoms with Crippen LogP contribution in [0.1, 0.15) is 29.9 Å². The van der Waals surface area contributed by atoms with Crippen LogP contribution in [0.4, 0.5) is 13.2 Å². The number of carbonyl (C=O) groups excluding carboxylic acids is 1. The summed E-state index contributed by atoms with van der Waals surface area (Å²) in [5.41, 5.74) is 0.192. The van der Waals surface area contributed by atoms with Crippen LogP contribution in [-0.4, -0.2) is 30.3 Å². The molecule has 28 heavy (non-hydrogen) atoms. The molecule has 0 heterocycles. The Morgan fingerprint density at radius 3 is 2.32 bits per heavy atom. The van der Waals surface area contributed by atoms with Crippen molar-refractivity contribution in [1.29, 1.82) is 0 Å². The quantitative estimate of drug-likeness (QED) is 0.718. The fourth-order valence-electron chi connectivity index (χ4n) is 3.05. The Morgan fingerprint density at radius 2 is 1.75 bits per heavy atom. The van der Waals surface area contributed by atoms with Crippen LogP contribution in [0.25, 0.3) is 0 Å². The van der Waals surface area contributed by atoms with Gasteiger partial charge in [0.2, 0.25) is 5.91 Å². The van der Waals surface area contributed by atoms with Gasteiger partial charge in [-0.1, -0.05) is 30.3 Å². The van der Waals surface area contributed by atoms with Gasteiger partial charge in [-0.05, 0) is 48.6 Å². The third-order valence-electron chi connectivity index (χ3n) is 4.67. The fraction of sp³-hybridized carbons (Fsp3) is 0.381. The normalized spacial score (nSPS) is 16.3. The van der Waals surface area contributed by atoms with Crippen molar-refractivity contribution in [1.82, 2.24) is 5.32 Å². The average Bonchev–Trinajstić information content (AvgIpc) is 3.50. The molecule has 4 nitrogen and oxygen atoms in total. The first-order valence-corrected chi connectivity index (χ1v) is 9.15. The maximum Gasteiger partial charge on any atom is 0.416 e. The lowest BCUT2D eigenvalue weighted by Crippen LogP contribution is -2.38. The van der Waals surface area contributed by atoms with E-state index in [0.29, 0.717) is 5.92 Å². The topological polar surface area (TPSA) is 58.6 Å². The van der Waals surface area contributed by atoms with Gasteiger partial charge in [0, 0.05) is 6.54 Å². The first-order chi connectivity index (χ1) is 13.3. The maximum absolute atomic E-state index is 12.6. The zero-order chi connectivity index (χ0) is 20.1. The Balaban J connectivity index is 1.47. The molecule has 3 rings (SSSR count). The largest absolute Gasteiger partial charge is 0.491 e. The molecule has 1 amide bonds. The summed E-state index contributed by atoms with van der Waals surface area (Å²) in [6.07, 6.45) is -3.36. The molecule has 1 fully saturated rings. The fourth-order valence-corrected chi connectivity index (χ4v) is 3.05. The standard InChI is InChI=1S/C21H22F3NO3/c22-21(23,24)16-8-10-18(11-9-16)28-13-17(26)12-25-20(27)19(15-6-7-15)14-4-2-1-3-5-14/h1-5,8-11,15,17,19,26H,6-7,12-13H2,(H,25,27)/t17-,19+/m0/s1. The van der Waals surface area contributed by atoms with E-state index in [2.05, 4.69) is 5.32 Å². The molecule has 2 aromatic rings. The van der Waals surface area contributed by atoms with Crippen LogP contribution in [0.5, 0.6) is 5.75 Å². The summed E-state index contributed by atoms with van der Waals surface area (Å²) < 4.78 is 42.9. The molecule has 0 bridgehead atoms. The van der Waals surface area contributed by atoms with Crippen molar-refractivity contribution in [2.75, 3.05) is 13.2 Å². The molecule has 1 aliphatic rings. The lowest BCUT2D eigenvalue weighted by atomic mass is 9.93. The number of hydrogen-bond donors (Lipinski definition) is 2. The van der Waals surface area contributed by atoms with E-state index in [4.69, 9.17) is 4.74 Å². The second kappa shape index (κ2) is 8.65. The van der Waals surface area contributed by atoms with E-state index in [1.807, 2.05) is 30.3 Å². The Labute approximate surface area is 161 Å². The molecular weight excluding hydrogens is 371 g/mol.